The van der Waals surface area contributed by atoms with E-state index in [-0.39, 0.29) is 37.2 Å². The molecule has 2 saturated carbocycles. The fourth-order valence-electron chi connectivity index (χ4n) is 4.81. The molecule has 1 aromatic rings. The van der Waals surface area contributed by atoms with E-state index in [9.17, 15) is 14.4 Å². The molecule has 8 nitrogen and oxygen atoms in total. The summed E-state index contributed by atoms with van der Waals surface area (Å²) in [6.07, 6.45) is 13.8. The molecule has 1 aromatic heterocycles. The molecule has 178 valence electrons. The van der Waals surface area contributed by atoms with Crippen molar-refractivity contribution in [3.63, 3.8) is 0 Å². The highest BCUT2D eigenvalue weighted by Gasteiger charge is 2.23. The van der Waals surface area contributed by atoms with Crippen LogP contribution in [-0.4, -0.2) is 40.8 Å². The van der Waals surface area contributed by atoms with Crippen molar-refractivity contribution in [2.45, 2.75) is 90.5 Å². The highest BCUT2D eigenvalue weighted by molar-refractivity contribution is 6.00. The number of esters is 2. The molecule has 0 aliphatic heterocycles. The van der Waals surface area contributed by atoms with Crippen molar-refractivity contribution in [2.24, 2.45) is 11.8 Å². The second-order valence-electron chi connectivity index (χ2n) is 9.04. The number of aromatic nitrogens is 2. The van der Waals surface area contributed by atoms with E-state index in [4.69, 9.17) is 9.47 Å². The summed E-state index contributed by atoms with van der Waals surface area (Å²) in [6.45, 7) is 2.36. The monoisotopic (exact) mass is 447 g/mol. The fraction of sp³-hybridized carbons (Fsp3) is 0.750. The van der Waals surface area contributed by atoms with Gasteiger partial charge in [-0.3, -0.25) is 9.59 Å². The number of carbonyl (C=O) groups is 3. The first-order valence-electron chi connectivity index (χ1n) is 12.2. The number of nitrogens with one attached hydrogen (secondary N) is 1. The molecule has 1 heterocycles. The first kappa shape index (κ1) is 24.3. The lowest BCUT2D eigenvalue weighted by Gasteiger charge is -2.21. The molecule has 8 heteroatoms. The van der Waals surface area contributed by atoms with E-state index in [1.807, 2.05) is 0 Å². The number of anilines is 1. The molecular weight excluding hydrogens is 410 g/mol. The predicted molar refractivity (Wildman–Crippen MR) is 120 cm³/mol. The molecule has 0 bridgehead atoms. The van der Waals surface area contributed by atoms with Gasteiger partial charge in [0.2, 0.25) is 5.91 Å². The maximum Gasteiger partial charge on any atom is 0.343 e. The Morgan fingerprint density at radius 1 is 0.969 bits per heavy atom. The maximum absolute atomic E-state index is 12.7. The minimum atomic E-state index is -0.527. The minimum Gasteiger partial charge on any atom is -0.464 e. The van der Waals surface area contributed by atoms with E-state index in [2.05, 4.69) is 10.4 Å². The summed E-state index contributed by atoms with van der Waals surface area (Å²) in [5.41, 5.74) is 0.220. The zero-order chi connectivity index (χ0) is 22.8. The van der Waals surface area contributed by atoms with Crippen molar-refractivity contribution in [1.29, 1.82) is 0 Å². The van der Waals surface area contributed by atoms with Crippen molar-refractivity contribution in [1.82, 2.24) is 9.78 Å². The van der Waals surface area contributed by atoms with Gasteiger partial charge in [-0.2, -0.15) is 5.10 Å². The quantitative estimate of drug-likeness (QED) is 0.531. The topological polar surface area (TPSA) is 99.5 Å². The first-order chi connectivity index (χ1) is 15.6. The molecule has 0 radical (unpaired) electrons. The third-order valence-corrected chi connectivity index (χ3v) is 6.54. The van der Waals surface area contributed by atoms with E-state index < -0.39 is 5.97 Å². The van der Waals surface area contributed by atoms with Crippen molar-refractivity contribution < 1.29 is 23.9 Å². The average molecular weight is 448 g/mol. The van der Waals surface area contributed by atoms with Gasteiger partial charge in [-0.05, 0) is 44.4 Å². The zero-order valence-corrected chi connectivity index (χ0v) is 19.3. The molecular formula is C24H37N3O5. The summed E-state index contributed by atoms with van der Waals surface area (Å²) in [5.74, 6) is 0.266. The molecule has 2 aliphatic carbocycles. The summed E-state index contributed by atoms with van der Waals surface area (Å²) in [5, 5.41) is 7.11. The number of amides is 1. The standard InChI is InChI=1S/C24H37N3O5/c1-2-31-24(30)20-17-25-27(13-14-32-22(29)16-19-11-7-4-8-12-19)23(20)26-21(28)15-18-9-5-3-6-10-18/h17-19H,2-16H2,1H3,(H,26,28). The van der Waals surface area contributed by atoms with Crippen LogP contribution in [0.1, 0.15) is 94.3 Å². The van der Waals surface area contributed by atoms with Gasteiger partial charge in [0.15, 0.2) is 0 Å². The van der Waals surface area contributed by atoms with Gasteiger partial charge >= 0.3 is 11.9 Å². The molecule has 0 atom stereocenters. The Bertz CT molecular complexity index is 764. The lowest BCUT2D eigenvalue weighted by atomic mass is 9.87. The third-order valence-electron chi connectivity index (χ3n) is 6.54. The van der Waals surface area contributed by atoms with Gasteiger partial charge in [-0.15, -0.1) is 0 Å². The number of nitrogens with zero attached hydrogens (tertiary/aromatic N) is 2. The molecule has 2 aliphatic rings. The highest BCUT2D eigenvalue weighted by Crippen LogP contribution is 2.28. The third kappa shape index (κ3) is 7.35. The van der Waals surface area contributed by atoms with Crippen molar-refractivity contribution in [3.05, 3.63) is 11.8 Å². The lowest BCUT2D eigenvalue weighted by molar-refractivity contribution is -0.145. The minimum absolute atomic E-state index is 0.126. The van der Waals surface area contributed by atoms with E-state index in [0.29, 0.717) is 30.5 Å². The molecule has 32 heavy (non-hydrogen) atoms. The van der Waals surface area contributed by atoms with Crippen LogP contribution in [0.5, 0.6) is 0 Å². The summed E-state index contributed by atoms with van der Waals surface area (Å²) >= 11 is 0. The van der Waals surface area contributed by atoms with Crippen molar-refractivity contribution in [2.75, 3.05) is 18.5 Å². The van der Waals surface area contributed by atoms with Gasteiger partial charge in [0.1, 0.15) is 18.0 Å². The van der Waals surface area contributed by atoms with Crippen LogP contribution in [0.15, 0.2) is 6.20 Å². The summed E-state index contributed by atoms with van der Waals surface area (Å²) in [4.78, 5) is 37.2. The fourth-order valence-corrected chi connectivity index (χ4v) is 4.81. The maximum atomic E-state index is 12.7. The lowest BCUT2D eigenvalue weighted by Crippen LogP contribution is -2.23. The molecule has 2 fully saturated rings. The molecule has 0 aromatic carbocycles. The molecule has 0 saturated heterocycles. The van der Waals surface area contributed by atoms with E-state index in [1.54, 1.807) is 6.92 Å². The molecule has 1 amide bonds. The Morgan fingerprint density at radius 3 is 2.22 bits per heavy atom. The van der Waals surface area contributed by atoms with Gasteiger partial charge in [-0.25, -0.2) is 9.48 Å². The Kier molecular flexibility index (Phi) is 9.56. The van der Waals surface area contributed by atoms with Crippen LogP contribution in [0.2, 0.25) is 0 Å². The highest BCUT2D eigenvalue weighted by atomic mass is 16.5. The van der Waals surface area contributed by atoms with E-state index >= 15 is 0 Å². The number of hydrogen-bond acceptors (Lipinski definition) is 6. The Labute approximate surface area is 190 Å². The second-order valence-corrected chi connectivity index (χ2v) is 9.04. The molecule has 3 rings (SSSR count). The van der Waals surface area contributed by atoms with E-state index in [0.717, 1.165) is 38.5 Å². The SMILES string of the molecule is CCOC(=O)c1cnn(CCOC(=O)CC2CCCCC2)c1NC(=O)CC1CCCCC1. The van der Waals surface area contributed by atoms with Gasteiger partial charge in [0, 0.05) is 12.8 Å². The van der Waals surface area contributed by atoms with Gasteiger partial charge in [0.05, 0.1) is 19.3 Å². The Morgan fingerprint density at radius 2 is 1.59 bits per heavy atom. The number of ether oxygens (including phenoxy) is 2. The summed E-state index contributed by atoms with van der Waals surface area (Å²) < 4.78 is 12.0. The predicted octanol–water partition coefficient (Wildman–Crippen LogP) is 4.48. The smallest absolute Gasteiger partial charge is 0.343 e. The van der Waals surface area contributed by atoms with Crippen LogP contribution in [-0.2, 0) is 25.6 Å². The van der Waals surface area contributed by atoms with Crippen LogP contribution >= 0.6 is 0 Å². The van der Waals surface area contributed by atoms with Crippen molar-refractivity contribution in [3.8, 4) is 0 Å². The van der Waals surface area contributed by atoms with Gasteiger partial charge in [-0.1, -0.05) is 38.5 Å². The largest absolute Gasteiger partial charge is 0.464 e. The molecule has 0 spiro atoms. The Balaban J connectivity index is 1.56. The van der Waals surface area contributed by atoms with Gasteiger partial charge in [0.25, 0.3) is 0 Å². The Hall–Kier alpha value is -2.38. The summed E-state index contributed by atoms with van der Waals surface area (Å²) in [6, 6.07) is 0. The number of carbonyl (C=O) groups excluding carboxylic acids is 3. The van der Waals surface area contributed by atoms with Crippen LogP contribution in [0.4, 0.5) is 5.82 Å². The normalized spacial score (nSPS) is 17.7. The first-order valence-corrected chi connectivity index (χ1v) is 12.2. The number of hydrogen-bond donors (Lipinski definition) is 1. The zero-order valence-electron chi connectivity index (χ0n) is 19.3. The molecule has 0 unspecified atom stereocenters. The van der Waals surface area contributed by atoms with Crippen molar-refractivity contribution >= 4 is 23.7 Å². The van der Waals surface area contributed by atoms with Crippen LogP contribution in [0.3, 0.4) is 0 Å². The van der Waals surface area contributed by atoms with Crippen LogP contribution in [0, 0.1) is 11.8 Å². The van der Waals surface area contributed by atoms with Gasteiger partial charge < -0.3 is 14.8 Å². The van der Waals surface area contributed by atoms with Crippen LogP contribution < -0.4 is 5.32 Å². The van der Waals surface area contributed by atoms with E-state index in [1.165, 1.54) is 36.6 Å². The average Bonchev–Trinajstić information content (AvgIpc) is 3.17. The second kappa shape index (κ2) is 12.6. The van der Waals surface area contributed by atoms with Crippen LogP contribution in [0.25, 0.3) is 0 Å². The number of rotatable bonds is 10. The summed E-state index contributed by atoms with van der Waals surface area (Å²) in [7, 11) is 0. The molecule has 1 N–H and O–H groups in total.